The average Bonchev–Trinajstić information content (AvgIpc) is 2.59. The smallest absolute Gasteiger partial charge is 0.247 e. The van der Waals surface area contributed by atoms with Gasteiger partial charge in [0.1, 0.15) is 4.60 Å². The Morgan fingerprint density at radius 1 is 1.29 bits per heavy atom. The van der Waals surface area contributed by atoms with Crippen LogP contribution in [0.1, 0.15) is 39.2 Å². The van der Waals surface area contributed by atoms with E-state index in [4.69, 9.17) is 0 Å². The standard InChI is InChI=1S/C20H23BrN2O/c1-4-8-15(5-2)11-14(3)20(24)22-13-17-12-16-9-6-7-10-18(16)23-19(17)21/h6-12H,4-5,13H2,1-3H3,(H,22,24)/b14-11+,15-8+. The van der Waals surface area contributed by atoms with E-state index in [1.54, 1.807) is 0 Å². The lowest BCUT2D eigenvalue weighted by atomic mass is 10.1. The van der Waals surface area contributed by atoms with Crippen molar-refractivity contribution in [3.05, 3.63) is 63.8 Å². The van der Waals surface area contributed by atoms with E-state index in [0.717, 1.165) is 39.5 Å². The van der Waals surface area contributed by atoms with Gasteiger partial charge in [0.2, 0.25) is 5.91 Å². The monoisotopic (exact) mass is 386 g/mol. The molecule has 0 fully saturated rings. The molecule has 4 heteroatoms. The van der Waals surface area contributed by atoms with Crippen LogP contribution in [0.25, 0.3) is 10.9 Å². The summed E-state index contributed by atoms with van der Waals surface area (Å²) >= 11 is 3.49. The molecule has 0 unspecified atom stereocenters. The van der Waals surface area contributed by atoms with Gasteiger partial charge in [0.25, 0.3) is 0 Å². The molecule has 1 aromatic heterocycles. The zero-order valence-corrected chi connectivity index (χ0v) is 16.0. The fraction of sp³-hybridized carbons (Fsp3) is 0.300. The van der Waals surface area contributed by atoms with Crippen molar-refractivity contribution in [2.45, 2.75) is 40.2 Å². The van der Waals surface area contributed by atoms with E-state index in [1.807, 2.05) is 37.3 Å². The van der Waals surface area contributed by atoms with Gasteiger partial charge in [-0.2, -0.15) is 0 Å². The maximum Gasteiger partial charge on any atom is 0.247 e. The van der Waals surface area contributed by atoms with Crippen molar-refractivity contribution in [1.29, 1.82) is 0 Å². The van der Waals surface area contributed by atoms with Crippen LogP contribution in [0.15, 0.2) is 58.2 Å². The molecule has 0 saturated heterocycles. The van der Waals surface area contributed by atoms with Gasteiger partial charge in [0, 0.05) is 23.1 Å². The molecule has 0 spiro atoms. The van der Waals surface area contributed by atoms with E-state index in [1.165, 1.54) is 5.57 Å². The number of fused-ring (bicyclic) bond motifs is 1. The molecule has 1 heterocycles. The second kappa shape index (κ2) is 8.78. The summed E-state index contributed by atoms with van der Waals surface area (Å²) in [5.74, 6) is -0.0505. The minimum absolute atomic E-state index is 0.0505. The van der Waals surface area contributed by atoms with Crippen LogP contribution in [-0.4, -0.2) is 10.9 Å². The molecule has 1 aromatic carbocycles. The molecule has 0 atom stereocenters. The van der Waals surface area contributed by atoms with Crippen molar-refractivity contribution in [3.63, 3.8) is 0 Å². The molecule has 1 N–H and O–H groups in total. The fourth-order valence-electron chi connectivity index (χ4n) is 2.49. The third-order valence-corrected chi connectivity index (χ3v) is 4.51. The Balaban J connectivity index is 2.10. The van der Waals surface area contributed by atoms with Gasteiger partial charge >= 0.3 is 0 Å². The normalized spacial score (nSPS) is 12.5. The summed E-state index contributed by atoms with van der Waals surface area (Å²) in [5, 5.41) is 4.04. The Bertz CT molecular complexity index is 793. The number of aromatic nitrogens is 1. The molecule has 1 amide bonds. The molecule has 3 nitrogen and oxygen atoms in total. The van der Waals surface area contributed by atoms with Gasteiger partial charge in [0.15, 0.2) is 0 Å². The molecule has 0 aliphatic rings. The number of pyridine rings is 1. The number of carbonyl (C=O) groups is 1. The lowest BCUT2D eigenvalue weighted by Gasteiger charge is -2.09. The molecule has 126 valence electrons. The van der Waals surface area contributed by atoms with Crippen molar-refractivity contribution in [2.75, 3.05) is 0 Å². The second-order valence-electron chi connectivity index (χ2n) is 5.68. The summed E-state index contributed by atoms with van der Waals surface area (Å²) in [7, 11) is 0. The van der Waals surface area contributed by atoms with E-state index in [9.17, 15) is 4.79 Å². The van der Waals surface area contributed by atoms with Crippen molar-refractivity contribution in [1.82, 2.24) is 10.3 Å². The van der Waals surface area contributed by atoms with E-state index >= 15 is 0 Å². The number of hydrogen-bond donors (Lipinski definition) is 1. The van der Waals surface area contributed by atoms with Crippen LogP contribution < -0.4 is 5.32 Å². The molecule has 24 heavy (non-hydrogen) atoms. The largest absolute Gasteiger partial charge is 0.348 e. The maximum atomic E-state index is 12.3. The minimum atomic E-state index is -0.0505. The van der Waals surface area contributed by atoms with Gasteiger partial charge < -0.3 is 5.32 Å². The summed E-state index contributed by atoms with van der Waals surface area (Å²) < 4.78 is 0.767. The van der Waals surface area contributed by atoms with Crippen LogP contribution in [0.2, 0.25) is 0 Å². The third kappa shape index (κ3) is 4.78. The molecule has 2 rings (SSSR count). The second-order valence-corrected chi connectivity index (χ2v) is 6.43. The average molecular weight is 387 g/mol. The summed E-state index contributed by atoms with van der Waals surface area (Å²) in [6.07, 6.45) is 6.02. The topological polar surface area (TPSA) is 42.0 Å². The number of nitrogens with zero attached hydrogens (tertiary/aromatic N) is 1. The van der Waals surface area contributed by atoms with Crippen molar-refractivity contribution in [3.8, 4) is 0 Å². The predicted molar refractivity (Wildman–Crippen MR) is 104 cm³/mol. The summed E-state index contributed by atoms with van der Waals surface area (Å²) in [6, 6.07) is 10.0. The molecule has 0 bridgehead atoms. The number of rotatable bonds is 6. The molecule has 0 radical (unpaired) electrons. The van der Waals surface area contributed by atoms with E-state index in [0.29, 0.717) is 6.54 Å². The number of allylic oxidation sites excluding steroid dienone is 3. The Morgan fingerprint density at radius 3 is 2.75 bits per heavy atom. The first-order chi connectivity index (χ1) is 11.5. The van der Waals surface area contributed by atoms with Crippen LogP contribution in [0.5, 0.6) is 0 Å². The Labute approximate surface area is 152 Å². The van der Waals surface area contributed by atoms with Crippen molar-refractivity contribution in [2.24, 2.45) is 0 Å². The van der Waals surface area contributed by atoms with Gasteiger partial charge in [-0.15, -0.1) is 0 Å². The lowest BCUT2D eigenvalue weighted by Crippen LogP contribution is -2.24. The summed E-state index contributed by atoms with van der Waals surface area (Å²) in [4.78, 5) is 16.8. The fourth-order valence-corrected chi connectivity index (χ4v) is 2.93. The third-order valence-electron chi connectivity index (χ3n) is 3.82. The van der Waals surface area contributed by atoms with Crippen LogP contribution in [0.3, 0.4) is 0 Å². The number of hydrogen-bond acceptors (Lipinski definition) is 2. The highest BCUT2D eigenvalue weighted by Gasteiger charge is 2.08. The Morgan fingerprint density at radius 2 is 2.04 bits per heavy atom. The molecule has 0 saturated carbocycles. The predicted octanol–water partition coefficient (Wildman–Crippen LogP) is 5.31. The first kappa shape index (κ1) is 18.4. The van der Waals surface area contributed by atoms with Gasteiger partial charge in [0.05, 0.1) is 5.52 Å². The number of halogens is 1. The van der Waals surface area contributed by atoms with E-state index in [2.05, 4.69) is 52.2 Å². The van der Waals surface area contributed by atoms with E-state index in [-0.39, 0.29) is 5.91 Å². The molecular weight excluding hydrogens is 364 g/mol. The molecule has 2 aromatic rings. The van der Waals surface area contributed by atoms with Gasteiger partial charge in [-0.05, 0) is 47.8 Å². The van der Waals surface area contributed by atoms with Crippen LogP contribution in [-0.2, 0) is 11.3 Å². The highest BCUT2D eigenvalue weighted by molar-refractivity contribution is 9.10. The lowest BCUT2D eigenvalue weighted by molar-refractivity contribution is -0.117. The molecule has 0 aliphatic carbocycles. The zero-order chi connectivity index (χ0) is 17.5. The number of nitrogens with one attached hydrogen (secondary N) is 1. The summed E-state index contributed by atoms with van der Waals surface area (Å²) in [5.41, 5.74) is 3.82. The number of benzene rings is 1. The van der Waals surface area contributed by atoms with Crippen molar-refractivity contribution >= 4 is 32.7 Å². The van der Waals surface area contributed by atoms with Crippen LogP contribution >= 0.6 is 15.9 Å². The van der Waals surface area contributed by atoms with Crippen LogP contribution in [0, 0.1) is 0 Å². The zero-order valence-electron chi connectivity index (χ0n) is 14.4. The molecular formula is C20H23BrN2O. The number of carbonyl (C=O) groups excluding carboxylic acids is 1. The van der Waals surface area contributed by atoms with E-state index < -0.39 is 0 Å². The van der Waals surface area contributed by atoms with Crippen molar-refractivity contribution < 1.29 is 4.79 Å². The Kier molecular flexibility index (Phi) is 6.73. The minimum Gasteiger partial charge on any atom is -0.348 e. The van der Waals surface area contributed by atoms with Gasteiger partial charge in [-0.1, -0.05) is 49.8 Å². The first-order valence-corrected chi connectivity index (χ1v) is 9.04. The molecule has 0 aliphatic heterocycles. The van der Waals surface area contributed by atoms with Gasteiger partial charge in [-0.25, -0.2) is 4.98 Å². The number of para-hydroxylation sites is 1. The quantitative estimate of drug-likeness (QED) is 0.415. The first-order valence-electron chi connectivity index (χ1n) is 8.24. The highest BCUT2D eigenvalue weighted by atomic mass is 79.9. The van der Waals surface area contributed by atoms with Gasteiger partial charge in [-0.3, -0.25) is 4.79 Å². The summed E-state index contributed by atoms with van der Waals surface area (Å²) in [6.45, 7) is 6.49. The number of amides is 1. The highest BCUT2D eigenvalue weighted by Crippen LogP contribution is 2.20. The Hall–Kier alpha value is -1.94. The maximum absolute atomic E-state index is 12.3. The van der Waals surface area contributed by atoms with Crippen LogP contribution in [0.4, 0.5) is 0 Å². The SMILES string of the molecule is CC/C=C(/C=C(\C)C(=O)NCc1cc2ccccc2nc1Br)CC.